The zero-order valence-electron chi connectivity index (χ0n) is 13.6. The second kappa shape index (κ2) is 9.40. The van der Waals surface area contributed by atoms with Crippen molar-refractivity contribution in [3.8, 4) is 10.6 Å². The Morgan fingerprint density at radius 2 is 1.65 bits per heavy atom. The molecule has 0 aliphatic rings. The predicted octanol–water partition coefficient (Wildman–Crippen LogP) is 5.20. The summed E-state index contributed by atoms with van der Waals surface area (Å²) in [7, 11) is 0. The molecule has 5 heteroatoms. The van der Waals surface area contributed by atoms with Crippen LogP contribution >= 0.6 is 11.3 Å². The van der Waals surface area contributed by atoms with Crippen LogP contribution in [-0.2, 0) is 6.42 Å². The number of benzene rings is 1. The molecular formula is C18H24N2O2S. The Balaban J connectivity index is 1.78. The molecule has 0 radical (unpaired) electrons. The Hall–Kier alpha value is -1.75. The van der Waals surface area contributed by atoms with Gasteiger partial charge < -0.3 is 5.11 Å². The molecule has 2 rings (SSSR count). The van der Waals surface area contributed by atoms with Crippen molar-refractivity contribution in [2.24, 2.45) is 0 Å². The molecule has 2 aromatic rings. The van der Waals surface area contributed by atoms with Crippen molar-refractivity contribution >= 4 is 17.3 Å². The number of hydrogen-bond donors (Lipinski definition) is 1. The van der Waals surface area contributed by atoms with E-state index in [9.17, 15) is 4.79 Å². The fourth-order valence-electron chi connectivity index (χ4n) is 2.46. The molecule has 0 aliphatic carbocycles. The minimum Gasteiger partial charge on any atom is -0.478 e. The van der Waals surface area contributed by atoms with Gasteiger partial charge in [0.1, 0.15) is 10.0 Å². The number of nitrogens with zero attached hydrogens (tertiary/aromatic N) is 2. The molecule has 0 spiro atoms. The van der Waals surface area contributed by atoms with Gasteiger partial charge in [0.2, 0.25) is 0 Å². The van der Waals surface area contributed by atoms with Crippen LogP contribution in [0.15, 0.2) is 24.3 Å². The maximum absolute atomic E-state index is 10.9. The third kappa shape index (κ3) is 5.75. The Labute approximate surface area is 141 Å². The number of carbonyl (C=O) groups is 1. The zero-order valence-corrected chi connectivity index (χ0v) is 14.4. The molecular weight excluding hydrogens is 308 g/mol. The smallest absolute Gasteiger partial charge is 0.335 e. The number of aromatic nitrogens is 2. The van der Waals surface area contributed by atoms with Gasteiger partial charge in [0.25, 0.3) is 0 Å². The fraction of sp³-hybridized carbons (Fsp3) is 0.500. The van der Waals surface area contributed by atoms with Crippen molar-refractivity contribution in [1.29, 1.82) is 0 Å². The Kier molecular flexibility index (Phi) is 7.20. The lowest BCUT2D eigenvalue weighted by atomic mass is 10.1. The average molecular weight is 332 g/mol. The molecule has 0 aliphatic heterocycles. The van der Waals surface area contributed by atoms with E-state index < -0.39 is 5.97 Å². The Morgan fingerprint density at radius 1 is 1.00 bits per heavy atom. The van der Waals surface area contributed by atoms with E-state index >= 15 is 0 Å². The summed E-state index contributed by atoms with van der Waals surface area (Å²) in [5, 5.41) is 19.3. The van der Waals surface area contributed by atoms with Crippen LogP contribution < -0.4 is 0 Å². The number of unbranched alkanes of at least 4 members (excludes halogenated alkanes) is 6. The SMILES string of the molecule is CCCCCCCCCc1nnc(-c2ccc(C(=O)O)cc2)s1. The molecule has 0 bridgehead atoms. The molecule has 23 heavy (non-hydrogen) atoms. The van der Waals surface area contributed by atoms with E-state index in [1.54, 1.807) is 35.6 Å². The largest absolute Gasteiger partial charge is 0.478 e. The summed E-state index contributed by atoms with van der Waals surface area (Å²) in [5.74, 6) is -0.909. The van der Waals surface area contributed by atoms with Crippen molar-refractivity contribution in [3.05, 3.63) is 34.8 Å². The first-order valence-corrected chi connectivity index (χ1v) is 9.18. The molecule has 4 nitrogen and oxygen atoms in total. The minimum atomic E-state index is -0.909. The highest BCUT2D eigenvalue weighted by Crippen LogP contribution is 2.25. The fourth-order valence-corrected chi connectivity index (χ4v) is 3.35. The Bertz CT molecular complexity index is 608. The molecule has 0 atom stereocenters. The van der Waals surface area contributed by atoms with E-state index in [1.165, 1.54) is 44.9 Å². The maximum atomic E-state index is 10.9. The number of carboxylic acids is 1. The van der Waals surface area contributed by atoms with Gasteiger partial charge in [-0.3, -0.25) is 0 Å². The number of aryl methyl sites for hydroxylation is 1. The van der Waals surface area contributed by atoms with E-state index in [0.717, 1.165) is 22.0 Å². The maximum Gasteiger partial charge on any atom is 0.335 e. The number of carboxylic acid groups (broad SMARTS) is 1. The first kappa shape index (κ1) is 17.6. The van der Waals surface area contributed by atoms with Crippen molar-refractivity contribution < 1.29 is 9.90 Å². The van der Waals surface area contributed by atoms with Crippen LogP contribution in [0, 0.1) is 0 Å². The van der Waals surface area contributed by atoms with E-state index in [0.29, 0.717) is 5.56 Å². The van der Waals surface area contributed by atoms with E-state index in [4.69, 9.17) is 5.11 Å². The lowest BCUT2D eigenvalue weighted by Gasteiger charge is -1.99. The highest BCUT2D eigenvalue weighted by molar-refractivity contribution is 7.14. The Morgan fingerprint density at radius 3 is 2.30 bits per heavy atom. The van der Waals surface area contributed by atoms with Gasteiger partial charge in [-0.25, -0.2) is 4.79 Å². The molecule has 1 N–H and O–H groups in total. The quantitative estimate of drug-likeness (QED) is 0.608. The molecule has 0 unspecified atom stereocenters. The molecule has 0 amide bonds. The van der Waals surface area contributed by atoms with Gasteiger partial charge in [-0.15, -0.1) is 10.2 Å². The summed E-state index contributed by atoms with van der Waals surface area (Å²) < 4.78 is 0. The second-order valence-corrected chi connectivity index (χ2v) is 6.82. The summed E-state index contributed by atoms with van der Waals surface area (Å²) in [4.78, 5) is 10.9. The van der Waals surface area contributed by atoms with Crippen LogP contribution in [0.1, 0.15) is 67.2 Å². The normalized spacial score (nSPS) is 10.8. The van der Waals surface area contributed by atoms with E-state index in [2.05, 4.69) is 17.1 Å². The van der Waals surface area contributed by atoms with Crippen molar-refractivity contribution in [3.63, 3.8) is 0 Å². The third-order valence-corrected chi connectivity index (χ3v) is 4.87. The van der Waals surface area contributed by atoms with Crippen molar-refractivity contribution in [2.75, 3.05) is 0 Å². The molecule has 0 saturated carbocycles. The predicted molar refractivity (Wildman–Crippen MR) is 94.0 cm³/mol. The van der Waals surface area contributed by atoms with Crippen LogP contribution in [-0.4, -0.2) is 21.3 Å². The molecule has 1 aromatic carbocycles. The monoisotopic (exact) mass is 332 g/mol. The van der Waals surface area contributed by atoms with Crippen LogP contribution in [0.25, 0.3) is 10.6 Å². The highest BCUT2D eigenvalue weighted by atomic mass is 32.1. The van der Waals surface area contributed by atoms with Crippen LogP contribution in [0.5, 0.6) is 0 Å². The van der Waals surface area contributed by atoms with E-state index in [-0.39, 0.29) is 0 Å². The molecule has 0 fully saturated rings. The summed E-state index contributed by atoms with van der Waals surface area (Å²) in [6.07, 6.45) is 10.0. The lowest BCUT2D eigenvalue weighted by Crippen LogP contribution is -1.94. The topological polar surface area (TPSA) is 63.1 Å². The minimum absolute atomic E-state index is 0.293. The van der Waals surface area contributed by atoms with Gasteiger partial charge in [-0.1, -0.05) is 68.9 Å². The summed E-state index contributed by atoms with van der Waals surface area (Å²) in [6, 6.07) is 6.80. The molecule has 1 aromatic heterocycles. The van der Waals surface area contributed by atoms with Gasteiger partial charge in [0, 0.05) is 12.0 Å². The third-order valence-electron chi connectivity index (χ3n) is 3.84. The number of rotatable bonds is 10. The van der Waals surface area contributed by atoms with Crippen LogP contribution in [0.3, 0.4) is 0 Å². The first-order valence-electron chi connectivity index (χ1n) is 8.37. The molecule has 0 saturated heterocycles. The van der Waals surface area contributed by atoms with Crippen LogP contribution in [0.2, 0.25) is 0 Å². The zero-order chi connectivity index (χ0) is 16.5. The summed E-state index contributed by atoms with van der Waals surface area (Å²) >= 11 is 1.60. The molecule has 1 heterocycles. The van der Waals surface area contributed by atoms with E-state index in [1.807, 2.05) is 0 Å². The lowest BCUT2D eigenvalue weighted by molar-refractivity contribution is 0.0697. The highest BCUT2D eigenvalue weighted by Gasteiger charge is 2.08. The van der Waals surface area contributed by atoms with Gasteiger partial charge in [0.05, 0.1) is 5.56 Å². The van der Waals surface area contributed by atoms with Gasteiger partial charge in [-0.2, -0.15) is 0 Å². The van der Waals surface area contributed by atoms with Gasteiger partial charge in [-0.05, 0) is 18.6 Å². The first-order chi connectivity index (χ1) is 11.2. The number of hydrogen-bond acceptors (Lipinski definition) is 4. The summed E-state index contributed by atoms with van der Waals surface area (Å²) in [5.41, 5.74) is 1.22. The van der Waals surface area contributed by atoms with Gasteiger partial charge >= 0.3 is 5.97 Å². The molecule has 124 valence electrons. The van der Waals surface area contributed by atoms with Crippen molar-refractivity contribution in [2.45, 2.75) is 58.3 Å². The van der Waals surface area contributed by atoms with Crippen LogP contribution in [0.4, 0.5) is 0 Å². The standard InChI is InChI=1S/C18H24N2O2S/c1-2-3-4-5-6-7-8-9-16-19-20-17(23-16)14-10-12-15(13-11-14)18(21)22/h10-13H,2-9H2,1H3,(H,21,22). The van der Waals surface area contributed by atoms with Gasteiger partial charge in [0.15, 0.2) is 0 Å². The van der Waals surface area contributed by atoms with Crippen molar-refractivity contribution in [1.82, 2.24) is 10.2 Å². The second-order valence-electron chi connectivity index (χ2n) is 5.75. The summed E-state index contributed by atoms with van der Waals surface area (Å²) in [6.45, 7) is 2.24. The number of aromatic carboxylic acids is 1. The average Bonchev–Trinajstić information content (AvgIpc) is 3.03.